The molecule has 0 spiro atoms. The maximum absolute atomic E-state index is 4.75. The summed E-state index contributed by atoms with van der Waals surface area (Å²) in [6.45, 7) is 7.28. The topological polar surface area (TPSA) is 37.8 Å². The zero-order chi connectivity index (χ0) is 14.8. The molecule has 3 aromatic rings. The molecule has 0 fully saturated rings. The summed E-state index contributed by atoms with van der Waals surface area (Å²) >= 11 is 1.73. The molecular formula is C17H19N3S. The Kier molecular flexibility index (Phi) is 3.88. The summed E-state index contributed by atoms with van der Waals surface area (Å²) in [5.74, 6) is 1.75. The molecule has 1 aromatic carbocycles. The van der Waals surface area contributed by atoms with Crippen molar-refractivity contribution in [3.8, 4) is 10.7 Å². The average molecular weight is 297 g/mol. The molecule has 0 amide bonds. The summed E-state index contributed by atoms with van der Waals surface area (Å²) in [6, 6.07) is 10.5. The molecule has 2 heterocycles. The number of thiophene rings is 1. The van der Waals surface area contributed by atoms with E-state index in [1.165, 1.54) is 10.4 Å². The number of aryl methyl sites for hydroxylation is 2. The van der Waals surface area contributed by atoms with Gasteiger partial charge >= 0.3 is 0 Å². The van der Waals surface area contributed by atoms with Gasteiger partial charge in [0.2, 0.25) is 0 Å². The largest absolute Gasteiger partial charge is 0.369 e. The second-order valence-electron chi connectivity index (χ2n) is 5.25. The van der Waals surface area contributed by atoms with Crippen molar-refractivity contribution in [3.63, 3.8) is 0 Å². The molecule has 0 radical (unpaired) electrons. The lowest BCUT2D eigenvalue weighted by Gasteiger charge is -2.10. The van der Waals surface area contributed by atoms with Gasteiger partial charge in [0.25, 0.3) is 0 Å². The van der Waals surface area contributed by atoms with E-state index in [1.54, 1.807) is 11.3 Å². The Morgan fingerprint density at radius 3 is 2.67 bits per heavy atom. The van der Waals surface area contributed by atoms with Crippen LogP contribution in [0, 0.1) is 13.8 Å². The van der Waals surface area contributed by atoms with E-state index in [2.05, 4.69) is 56.4 Å². The molecule has 0 bridgehead atoms. The minimum absolute atomic E-state index is 0.808. The maximum atomic E-state index is 4.75. The lowest BCUT2D eigenvalue weighted by molar-refractivity contribution is 0.970. The number of rotatable bonds is 4. The normalized spacial score (nSPS) is 11.0. The standard InChI is InChI=1S/C17H19N3S/c1-4-9-18-16-13-10-11(2)5-7-14(13)19-17(20-16)15-8-6-12(3)21-15/h5-8,10H,4,9H2,1-3H3,(H,18,19,20). The molecule has 21 heavy (non-hydrogen) atoms. The number of fused-ring (bicyclic) bond motifs is 1. The van der Waals surface area contributed by atoms with Crippen LogP contribution in [0.4, 0.5) is 5.82 Å². The van der Waals surface area contributed by atoms with Crippen LogP contribution in [0.3, 0.4) is 0 Å². The second kappa shape index (κ2) is 5.82. The first-order valence-corrected chi connectivity index (χ1v) is 8.08. The van der Waals surface area contributed by atoms with Crippen LogP contribution in [0.15, 0.2) is 30.3 Å². The van der Waals surface area contributed by atoms with Crippen LogP contribution in [0.2, 0.25) is 0 Å². The molecule has 3 rings (SSSR count). The highest BCUT2D eigenvalue weighted by molar-refractivity contribution is 7.15. The third-order valence-corrected chi connectivity index (χ3v) is 4.35. The molecule has 3 nitrogen and oxygen atoms in total. The van der Waals surface area contributed by atoms with Gasteiger partial charge in [0.1, 0.15) is 5.82 Å². The highest BCUT2D eigenvalue weighted by atomic mass is 32.1. The predicted octanol–water partition coefficient (Wildman–Crippen LogP) is 4.80. The van der Waals surface area contributed by atoms with Crippen LogP contribution >= 0.6 is 11.3 Å². The van der Waals surface area contributed by atoms with Crippen LogP contribution < -0.4 is 5.32 Å². The summed E-state index contributed by atoms with van der Waals surface area (Å²) in [6.07, 6.45) is 1.07. The van der Waals surface area contributed by atoms with E-state index in [9.17, 15) is 0 Å². The zero-order valence-electron chi connectivity index (χ0n) is 12.6. The summed E-state index contributed by atoms with van der Waals surface area (Å²) in [4.78, 5) is 11.9. The van der Waals surface area contributed by atoms with Crippen LogP contribution in [-0.2, 0) is 0 Å². The van der Waals surface area contributed by atoms with E-state index in [4.69, 9.17) is 9.97 Å². The zero-order valence-corrected chi connectivity index (χ0v) is 13.4. The van der Waals surface area contributed by atoms with Crippen LogP contribution in [0.1, 0.15) is 23.8 Å². The van der Waals surface area contributed by atoms with Gasteiger partial charge in [0.15, 0.2) is 5.82 Å². The molecule has 0 aliphatic heterocycles. The van der Waals surface area contributed by atoms with Gasteiger partial charge in [0, 0.05) is 16.8 Å². The van der Waals surface area contributed by atoms with E-state index in [1.807, 2.05) is 0 Å². The Balaban J connectivity index is 2.16. The van der Waals surface area contributed by atoms with Crippen molar-refractivity contribution in [1.82, 2.24) is 9.97 Å². The Morgan fingerprint density at radius 2 is 1.95 bits per heavy atom. The Labute approximate surface area is 129 Å². The average Bonchev–Trinajstić information content (AvgIpc) is 2.91. The summed E-state index contributed by atoms with van der Waals surface area (Å²) in [7, 11) is 0. The van der Waals surface area contributed by atoms with Crippen LogP contribution in [0.5, 0.6) is 0 Å². The van der Waals surface area contributed by atoms with Crippen molar-refractivity contribution in [3.05, 3.63) is 40.8 Å². The summed E-state index contributed by atoms with van der Waals surface area (Å²) in [5, 5.41) is 4.53. The Hall–Kier alpha value is -1.94. The van der Waals surface area contributed by atoms with Crippen molar-refractivity contribution < 1.29 is 0 Å². The molecule has 0 aliphatic carbocycles. The number of hydrogen-bond donors (Lipinski definition) is 1. The number of anilines is 1. The lowest BCUT2D eigenvalue weighted by atomic mass is 10.1. The molecule has 108 valence electrons. The first-order valence-electron chi connectivity index (χ1n) is 7.26. The van der Waals surface area contributed by atoms with Gasteiger partial charge in [-0.3, -0.25) is 0 Å². The molecule has 0 atom stereocenters. The first kappa shape index (κ1) is 14.0. The molecular weight excluding hydrogens is 278 g/mol. The quantitative estimate of drug-likeness (QED) is 0.752. The molecule has 2 aromatic heterocycles. The SMILES string of the molecule is CCCNc1nc(-c2ccc(C)s2)nc2ccc(C)cc12. The van der Waals surface area contributed by atoms with E-state index < -0.39 is 0 Å². The fourth-order valence-corrected chi connectivity index (χ4v) is 3.09. The van der Waals surface area contributed by atoms with Gasteiger partial charge in [-0.1, -0.05) is 18.6 Å². The minimum Gasteiger partial charge on any atom is -0.369 e. The number of nitrogens with one attached hydrogen (secondary N) is 1. The summed E-state index contributed by atoms with van der Waals surface area (Å²) in [5.41, 5.74) is 2.22. The fourth-order valence-electron chi connectivity index (χ4n) is 2.29. The van der Waals surface area contributed by atoms with Gasteiger partial charge in [-0.25, -0.2) is 9.97 Å². The highest BCUT2D eigenvalue weighted by Gasteiger charge is 2.10. The number of hydrogen-bond acceptors (Lipinski definition) is 4. The van der Waals surface area contributed by atoms with Crippen molar-refractivity contribution in [2.45, 2.75) is 27.2 Å². The van der Waals surface area contributed by atoms with Gasteiger partial charge in [-0.15, -0.1) is 11.3 Å². The maximum Gasteiger partial charge on any atom is 0.172 e. The molecule has 0 aliphatic rings. The summed E-state index contributed by atoms with van der Waals surface area (Å²) < 4.78 is 0. The molecule has 0 unspecified atom stereocenters. The van der Waals surface area contributed by atoms with Crippen molar-refractivity contribution in [2.75, 3.05) is 11.9 Å². The Morgan fingerprint density at radius 1 is 1.10 bits per heavy atom. The third-order valence-electron chi connectivity index (χ3n) is 3.35. The van der Waals surface area contributed by atoms with E-state index >= 15 is 0 Å². The monoisotopic (exact) mass is 297 g/mol. The number of nitrogens with zero attached hydrogens (tertiary/aromatic N) is 2. The van der Waals surface area contributed by atoms with Gasteiger partial charge in [-0.2, -0.15) is 0 Å². The first-order chi connectivity index (χ1) is 10.2. The number of benzene rings is 1. The molecule has 0 saturated carbocycles. The van der Waals surface area contributed by atoms with Crippen LogP contribution in [-0.4, -0.2) is 16.5 Å². The minimum atomic E-state index is 0.808. The number of aromatic nitrogens is 2. The van der Waals surface area contributed by atoms with E-state index in [0.717, 1.165) is 40.4 Å². The van der Waals surface area contributed by atoms with E-state index in [0.29, 0.717) is 0 Å². The predicted molar refractivity (Wildman–Crippen MR) is 91.1 cm³/mol. The van der Waals surface area contributed by atoms with Gasteiger partial charge in [-0.05, 0) is 44.5 Å². The van der Waals surface area contributed by atoms with Gasteiger partial charge in [0.05, 0.1) is 10.4 Å². The Bertz CT molecular complexity index is 777. The third kappa shape index (κ3) is 2.90. The highest BCUT2D eigenvalue weighted by Crippen LogP contribution is 2.29. The molecule has 1 N–H and O–H groups in total. The van der Waals surface area contributed by atoms with Crippen molar-refractivity contribution >= 4 is 28.1 Å². The molecule has 4 heteroatoms. The van der Waals surface area contributed by atoms with Crippen LogP contribution in [0.25, 0.3) is 21.6 Å². The smallest absolute Gasteiger partial charge is 0.172 e. The molecule has 0 saturated heterocycles. The van der Waals surface area contributed by atoms with E-state index in [-0.39, 0.29) is 0 Å². The lowest BCUT2D eigenvalue weighted by Crippen LogP contribution is -2.04. The van der Waals surface area contributed by atoms with Crippen molar-refractivity contribution in [2.24, 2.45) is 0 Å². The van der Waals surface area contributed by atoms with Crippen molar-refractivity contribution in [1.29, 1.82) is 0 Å². The fraction of sp³-hybridized carbons (Fsp3) is 0.294. The van der Waals surface area contributed by atoms with Gasteiger partial charge < -0.3 is 5.32 Å². The second-order valence-corrected chi connectivity index (χ2v) is 6.54.